The molecule has 2 aliphatic rings. The average molecular weight is 493 g/mol. The number of benzene rings is 3. The molecule has 37 heavy (non-hydrogen) atoms. The predicted octanol–water partition coefficient (Wildman–Crippen LogP) is 7.47. The third-order valence-corrected chi connectivity index (χ3v) is 8.07. The molecule has 0 bridgehead atoms. The van der Waals surface area contributed by atoms with Crippen molar-refractivity contribution >= 4 is 56.2 Å². The van der Waals surface area contributed by atoms with Gasteiger partial charge < -0.3 is 24.0 Å². The number of anilines is 6. The van der Waals surface area contributed by atoms with Crippen molar-refractivity contribution in [1.82, 2.24) is 4.98 Å². The van der Waals surface area contributed by atoms with E-state index in [4.69, 9.17) is 13.5 Å². The molecule has 0 aliphatic carbocycles. The summed E-state index contributed by atoms with van der Waals surface area (Å²) in [5, 5.41) is 1.89. The highest BCUT2D eigenvalue weighted by Crippen LogP contribution is 2.52. The first kappa shape index (κ1) is 19.0. The Morgan fingerprint density at radius 2 is 1.38 bits per heavy atom. The normalized spacial score (nSPS) is 20.4. The number of aromatic nitrogens is 1. The lowest BCUT2D eigenvalue weighted by atomic mass is 10.0. The first-order chi connectivity index (χ1) is 19.1. The van der Waals surface area contributed by atoms with Crippen LogP contribution in [0, 0.1) is 13.8 Å². The number of aryl methyl sites for hydroxylation is 1. The maximum atomic E-state index is 8.36. The first-order valence-electron chi connectivity index (χ1n) is 14.2. The fraction of sp³-hybridized carbons (Fsp3) is 0.258. The number of fused-ring (bicyclic) bond motifs is 5. The Morgan fingerprint density at radius 1 is 0.757 bits per heavy atom. The van der Waals surface area contributed by atoms with Crippen LogP contribution in [-0.2, 0) is 0 Å². The summed E-state index contributed by atoms with van der Waals surface area (Å²) in [6.07, 6.45) is -0.405. The minimum atomic E-state index is -2.31. The zero-order valence-corrected chi connectivity index (χ0v) is 21.6. The van der Waals surface area contributed by atoms with Crippen molar-refractivity contribution in [1.29, 1.82) is 0 Å². The molecule has 6 heteroatoms. The Morgan fingerprint density at radius 3 is 2.08 bits per heavy atom. The number of hydrogen-bond donors (Lipinski definition) is 0. The molecule has 2 atom stereocenters. The highest BCUT2D eigenvalue weighted by Gasteiger charge is 2.38. The van der Waals surface area contributed by atoms with Crippen LogP contribution >= 0.6 is 0 Å². The van der Waals surface area contributed by atoms with E-state index < -0.39 is 13.1 Å². The van der Waals surface area contributed by atoms with Gasteiger partial charge in [-0.25, -0.2) is 4.98 Å². The molecule has 6 nitrogen and oxygen atoms in total. The van der Waals surface area contributed by atoms with Crippen LogP contribution in [0.1, 0.15) is 29.2 Å². The van der Waals surface area contributed by atoms with Gasteiger partial charge in [-0.05, 0) is 70.2 Å². The zero-order chi connectivity index (χ0) is 28.1. The van der Waals surface area contributed by atoms with Crippen LogP contribution in [0.5, 0.6) is 0 Å². The number of rotatable bonds is 2. The molecule has 4 heterocycles. The third-order valence-electron chi connectivity index (χ3n) is 8.07. The Labute approximate surface area is 221 Å². The van der Waals surface area contributed by atoms with Crippen LogP contribution in [0.4, 0.5) is 34.1 Å². The van der Waals surface area contributed by atoms with Crippen LogP contribution in [0.2, 0.25) is 0 Å². The maximum absolute atomic E-state index is 8.36. The zero-order valence-electron chi connectivity index (χ0n) is 24.6. The monoisotopic (exact) mass is 492 g/mol. The summed E-state index contributed by atoms with van der Waals surface area (Å²) >= 11 is 0. The second kappa shape index (κ2) is 7.65. The lowest BCUT2D eigenvalue weighted by Gasteiger charge is -2.33. The summed E-state index contributed by atoms with van der Waals surface area (Å²) in [5.41, 5.74) is 8.88. The maximum Gasteiger partial charge on any atom is 0.227 e. The number of nitrogens with zero attached hydrogens (tertiary/aromatic N) is 5. The molecule has 2 aliphatic heterocycles. The molecule has 0 saturated carbocycles. The molecule has 0 fully saturated rings. The number of pyridine rings is 1. The molecule has 3 aromatic carbocycles. The standard InChI is InChI=1S/C31H31N5O/c1-18-15-16-22-23-17-28(35-20(3)33(5)24-11-7-9-13-26(24)35)19(2)29(30(23)37-31(22)32-18)36-21(4)34(6)25-12-8-10-14-27(25)36/h7-17,20-21H,1-6H3/t20-,21+/m1/s1/i6D3. The van der Waals surface area contributed by atoms with Crippen molar-refractivity contribution in [3.63, 3.8) is 0 Å². The molecular formula is C31H31N5O. The molecule has 186 valence electrons. The summed E-state index contributed by atoms with van der Waals surface area (Å²) in [6, 6.07) is 22.4. The Bertz CT molecular complexity index is 1810. The molecule has 0 N–H and O–H groups in total. The Hall–Kier alpha value is -4.19. The van der Waals surface area contributed by atoms with E-state index in [9.17, 15) is 0 Å². The van der Waals surface area contributed by atoms with Crippen LogP contribution < -0.4 is 19.6 Å². The number of para-hydroxylation sites is 4. The predicted molar refractivity (Wildman–Crippen MR) is 154 cm³/mol. The molecule has 0 unspecified atom stereocenters. The van der Waals surface area contributed by atoms with Crippen LogP contribution in [0.25, 0.3) is 22.1 Å². The fourth-order valence-corrected chi connectivity index (χ4v) is 6.06. The van der Waals surface area contributed by atoms with E-state index in [1.807, 2.05) is 44.2 Å². The van der Waals surface area contributed by atoms with E-state index in [0.29, 0.717) is 17.0 Å². The van der Waals surface area contributed by atoms with Gasteiger partial charge in [0.2, 0.25) is 5.71 Å². The molecule has 0 radical (unpaired) electrons. The van der Waals surface area contributed by atoms with Gasteiger partial charge in [0, 0.05) is 45.9 Å². The van der Waals surface area contributed by atoms with Crippen LogP contribution in [0.3, 0.4) is 0 Å². The highest BCUT2D eigenvalue weighted by molar-refractivity contribution is 6.12. The lowest BCUT2D eigenvalue weighted by molar-refractivity contribution is 0.646. The van der Waals surface area contributed by atoms with Gasteiger partial charge in [-0.2, -0.15) is 0 Å². The minimum absolute atomic E-state index is 0.0714. The molecular weight excluding hydrogens is 458 g/mol. The first-order valence-corrected chi connectivity index (χ1v) is 12.7. The van der Waals surface area contributed by atoms with Gasteiger partial charge in [0.05, 0.1) is 28.4 Å². The highest BCUT2D eigenvalue weighted by atomic mass is 16.3. The van der Waals surface area contributed by atoms with Gasteiger partial charge in [-0.1, -0.05) is 24.3 Å². The summed E-state index contributed by atoms with van der Waals surface area (Å²) in [4.78, 5) is 13.0. The van der Waals surface area contributed by atoms with E-state index in [-0.39, 0.29) is 6.17 Å². The van der Waals surface area contributed by atoms with Gasteiger partial charge in [-0.15, -0.1) is 0 Å². The lowest BCUT2D eigenvalue weighted by Crippen LogP contribution is -2.37. The fourth-order valence-electron chi connectivity index (χ4n) is 6.06. The second-order valence-electron chi connectivity index (χ2n) is 10.1. The summed E-state index contributed by atoms with van der Waals surface area (Å²) in [7, 11) is 2.12. The SMILES string of the molecule is [2H]C([2H])([2H])N1c2ccccc2N(c2c(C)c(N3c4ccccc4N(C)[C@H]3C)cc3c2oc2nc(C)ccc23)[C@H]1C. The van der Waals surface area contributed by atoms with Crippen molar-refractivity contribution in [3.8, 4) is 0 Å². The summed E-state index contributed by atoms with van der Waals surface area (Å²) in [6.45, 7) is 5.89. The minimum Gasteiger partial charge on any atom is -0.435 e. The molecule has 0 amide bonds. The van der Waals surface area contributed by atoms with Crippen LogP contribution in [0.15, 0.2) is 71.1 Å². The quantitative estimate of drug-likeness (QED) is 0.255. The van der Waals surface area contributed by atoms with Gasteiger partial charge in [0.15, 0.2) is 5.58 Å². The average Bonchev–Trinajstić information content (AvgIpc) is 3.50. The molecule has 5 aromatic rings. The van der Waals surface area contributed by atoms with Crippen LogP contribution in [-0.4, -0.2) is 31.3 Å². The largest absolute Gasteiger partial charge is 0.435 e. The Balaban J connectivity index is 1.56. The van der Waals surface area contributed by atoms with Gasteiger partial charge in [0.1, 0.15) is 12.3 Å². The molecule has 2 aromatic heterocycles. The van der Waals surface area contributed by atoms with Gasteiger partial charge >= 0.3 is 0 Å². The molecule has 7 rings (SSSR count). The van der Waals surface area contributed by atoms with Crippen molar-refractivity contribution in [2.75, 3.05) is 33.6 Å². The third kappa shape index (κ3) is 2.90. The van der Waals surface area contributed by atoms with Crippen molar-refractivity contribution in [2.45, 2.75) is 40.0 Å². The van der Waals surface area contributed by atoms with Crippen molar-refractivity contribution in [2.24, 2.45) is 0 Å². The topological polar surface area (TPSA) is 39.0 Å². The smallest absolute Gasteiger partial charge is 0.227 e. The van der Waals surface area contributed by atoms with E-state index in [1.165, 1.54) is 10.6 Å². The van der Waals surface area contributed by atoms with E-state index >= 15 is 0 Å². The second-order valence-corrected chi connectivity index (χ2v) is 10.1. The van der Waals surface area contributed by atoms with E-state index in [2.05, 4.69) is 72.0 Å². The van der Waals surface area contributed by atoms with Gasteiger partial charge in [-0.3, -0.25) is 0 Å². The number of hydrogen-bond acceptors (Lipinski definition) is 6. The number of furan rings is 1. The molecule has 0 spiro atoms. The van der Waals surface area contributed by atoms with Gasteiger partial charge in [0.25, 0.3) is 0 Å². The van der Waals surface area contributed by atoms with Crippen molar-refractivity contribution in [3.05, 3.63) is 78.0 Å². The van der Waals surface area contributed by atoms with Crippen molar-refractivity contribution < 1.29 is 8.53 Å². The summed E-state index contributed by atoms with van der Waals surface area (Å²) in [5.74, 6) is 0. The van der Waals surface area contributed by atoms with E-state index in [0.717, 1.165) is 44.8 Å². The molecule has 0 saturated heterocycles. The summed E-state index contributed by atoms with van der Waals surface area (Å²) < 4.78 is 31.6. The Kier molecular flexibility index (Phi) is 3.93. The van der Waals surface area contributed by atoms with E-state index in [1.54, 1.807) is 0 Å².